The molecule has 0 saturated carbocycles. The summed E-state index contributed by atoms with van der Waals surface area (Å²) in [5, 5.41) is 0. The fourth-order valence-corrected chi connectivity index (χ4v) is 0.346. The van der Waals surface area contributed by atoms with Crippen molar-refractivity contribution in [3.63, 3.8) is 0 Å². The first-order chi connectivity index (χ1) is 4.18. The van der Waals surface area contributed by atoms with E-state index in [0.29, 0.717) is 10.7 Å². The van der Waals surface area contributed by atoms with Crippen molar-refractivity contribution in [2.24, 2.45) is 5.84 Å². The van der Waals surface area contributed by atoms with Gasteiger partial charge in [-0.25, -0.2) is 14.5 Å². The molecular weight excluding hydrogens is 144 g/mol. The number of allylic oxidation sites excluding steroid dienone is 1. The van der Waals surface area contributed by atoms with Crippen molar-refractivity contribution < 1.29 is 13.6 Å². The van der Waals surface area contributed by atoms with Gasteiger partial charge in [-0.1, -0.05) is 0 Å². The first kappa shape index (κ1) is 8.28. The van der Waals surface area contributed by atoms with Crippen LogP contribution in [0.3, 0.4) is 0 Å². The van der Waals surface area contributed by atoms with Gasteiger partial charge in [-0.2, -0.15) is 0 Å². The van der Waals surface area contributed by atoms with E-state index in [4.69, 9.17) is 10.4 Å². The Balaban J connectivity index is 3.75. The minimum Gasteiger partial charge on any atom is -0.299 e. The Bertz CT molecular complexity index is 146. The Hall–Kier alpha value is -0.720. The number of hydrazine groups is 1. The molecule has 0 aromatic heterocycles. The van der Waals surface area contributed by atoms with E-state index in [1.165, 1.54) is 0 Å². The summed E-state index contributed by atoms with van der Waals surface area (Å²) in [6.45, 7) is 0. The van der Waals surface area contributed by atoms with Gasteiger partial charge >= 0.3 is 0 Å². The zero-order chi connectivity index (χ0) is 7.28. The van der Waals surface area contributed by atoms with Crippen LogP contribution in [-0.4, -0.2) is 19.5 Å². The summed E-state index contributed by atoms with van der Waals surface area (Å²) in [6.07, 6.45) is 2.45. The summed E-state index contributed by atoms with van der Waals surface area (Å²) in [5.41, 5.74) is 0. The SMILES string of the molecule is NN(C=CC=O)S(=O)O. The van der Waals surface area contributed by atoms with E-state index in [9.17, 15) is 9.00 Å². The van der Waals surface area contributed by atoms with Gasteiger partial charge in [0.2, 0.25) is 0 Å². The second-order valence-corrected chi connectivity index (χ2v) is 1.95. The van der Waals surface area contributed by atoms with Gasteiger partial charge in [0.1, 0.15) is 6.29 Å². The normalized spacial score (nSPS) is 13.6. The molecule has 1 unspecified atom stereocenters. The summed E-state index contributed by atoms with van der Waals surface area (Å²) in [6, 6.07) is 0. The summed E-state index contributed by atoms with van der Waals surface area (Å²) in [5.74, 6) is 4.84. The lowest BCUT2D eigenvalue weighted by Gasteiger charge is -2.03. The lowest BCUT2D eigenvalue weighted by Crippen LogP contribution is -2.26. The van der Waals surface area contributed by atoms with Gasteiger partial charge in [0.05, 0.1) is 0 Å². The van der Waals surface area contributed by atoms with Crippen molar-refractivity contribution in [2.45, 2.75) is 0 Å². The van der Waals surface area contributed by atoms with Gasteiger partial charge in [-0.05, 0) is 6.08 Å². The molecule has 0 aromatic carbocycles. The van der Waals surface area contributed by atoms with Gasteiger partial charge < -0.3 is 0 Å². The van der Waals surface area contributed by atoms with Crippen LogP contribution in [0, 0.1) is 0 Å². The van der Waals surface area contributed by atoms with Gasteiger partial charge in [-0.15, -0.1) is 0 Å². The summed E-state index contributed by atoms with van der Waals surface area (Å²) in [4.78, 5) is 9.58. The number of aldehydes is 1. The lowest BCUT2D eigenvalue weighted by molar-refractivity contribution is -0.104. The maximum atomic E-state index is 9.95. The number of rotatable bonds is 3. The molecule has 6 heteroatoms. The van der Waals surface area contributed by atoms with E-state index in [0.717, 1.165) is 12.3 Å². The summed E-state index contributed by atoms with van der Waals surface area (Å²) < 4.78 is 18.6. The second-order valence-electron chi connectivity index (χ2n) is 1.07. The van der Waals surface area contributed by atoms with E-state index < -0.39 is 11.3 Å². The monoisotopic (exact) mass is 150 g/mol. The van der Waals surface area contributed by atoms with Crippen LogP contribution in [0.15, 0.2) is 12.3 Å². The lowest BCUT2D eigenvalue weighted by atomic mass is 10.7. The van der Waals surface area contributed by atoms with Crippen LogP contribution in [0.5, 0.6) is 0 Å². The molecule has 0 aliphatic heterocycles. The Labute approximate surface area is 54.5 Å². The van der Waals surface area contributed by atoms with Crippen molar-refractivity contribution in [2.75, 3.05) is 0 Å². The van der Waals surface area contributed by atoms with Crippen LogP contribution in [-0.2, 0) is 16.1 Å². The molecular formula is C3H6N2O3S. The first-order valence-electron chi connectivity index (χ1n) is 1.95. The molecule has 0 aromatic rings. The number of hydrogen-bond donors (Lipinski definition) is 2. The van der Waals surface area contributed by atoms with Crippen LogP contribution in [0.25, 0.3) is 0 Å². The van der Waals surface area contributed by atoms with Gasteiger partial charge in [0.25, 0.3) is 11.3 Å². The summed E-state index contributed by atoms with van der Waals surface area (Å²) in [7, 11) is 0. The van der Waals surface area contributed by atoms with Crippen LogP contribution in [0.4, 0.5) is 0 Å². The molecule has 9 heavy (non-hydrogen) atoms. The predicted molar refractivity (Wildman–Crippen MR) is 32.0 cm³/mol. The third-order valence-corrected chi connectivity index (χ3v) is 0.974. The van der Waals surface area contributed by atoms with Gasteiger partial charge in [0, 0.05) is 6.20 Å². The first-order valence-corrected chi connectivity index (χ1v) is 3.01. The standard InChI is InChI=1S/C3H6N2O3S/c4-5(9(7)8)2-1-3-6/h1-3H,4H2,(H,7,8). The van der Waals surface area contributed by atoms with E-state index in [-0.39, 0.29) is 0 Å². The molecule has 0 bridgehead atoms. The zero-order valence-electron chi connectivity index (χ0n) is 4.43. The molecule has 0 amide bonds. The van der Waals surface area contributed by atoms with Gasteiger partial charge in [0.15, 0.2) is 0 Å². The molecule has 0 spiro atoms. The highest BCUT2D eigenvalue weighted by Crippen LogP contribution is 1.80. The molecule has 0 heterocycles. The van der Waals surface area contributed by atoms with E-state index >= 15 is 0 Å². The Morgan fingerprint density at radius 1 is 1.67 bits per heavy atom. The maximum Gasteiger partial charge on any atom is 0.276 e. The number of nitrogens with two attached hydrogens (primary N) is 1. The largest absolute Gasteiger partial charge is 0.299 e. The van der Waals surface area contributed by atoms with Crippen LogP contribution >= 0.6 is 0 Å². The maximum absolute atomic E-state index is 9.95. The number of carbonyl (C=O) groups excluding carboxylic acids is 1. The molecule has 0 aliphatic rings. The van der Waals surface area contributed by atoms with E-state index in [1.54, 1.807) is 0 Å². The van der Waals surface area contributed by atoms with Crippen LogP contribution < -0.4 is 5.84 Å². The highest BCUT2D eigenvalue weighted by atomic mass is 32.2. The molecule has 5 nitrogen and oxygen atoms in total. The molecule has 0 rings (SSSR count). The van der Waals surface area contributed by atoms with Crippen molar-refractivity contribution >= 4 is 17.6 Å². The fourth-order valence-electron chi connectivity index (χ4n) is 0.172. The number of hydrogen-bond acceptors (Lipinski definition) is 3. The second kappa shape index (κ2) is 4.19. The van der Waals surface area contributed by atoms with Crippen molar-refractivity contribution in [3.05, 3.63) is 12.3 Å². The molecule has 0 aliphatic carbocycles. The smallest absolute Gasteiger partial charge is 0.276 e. The molecule has 52 valence electrons. The average molecular weight is 150 g/mol. The number of nitrogens with zero attached hydrogens (tertiary/aromatic N) is 1. The average Bonchev–Trinajstić information content (AvgIpc) is 1.82. The summed E-state index contributed by atoms with van der Waals surface area (Å²) >= 11 is -2.25. The molecule has 1 atom stereocenters. The highest BCUT2D eigenvalue weighted by Gasteiger charge is 1.94. The quantitative estimate of drug-likeness (QED) is 0.178. The molecule has 0 saturated heterocycles. The van der Waals surface area contributed by atoms with E-state index in [1.807, 2.05) is 0 Å². The Morgan fingerprint density at radius 2 is 2.22 bits per heavy atom. The van der Waals surface area contributed by atoms with Crippen LogP contribution in [0.1, 0.15) is 0 Å². The van der Waals surface area contributed by atoms with E-state index in [2.05, 4.69) is 0 Å². The zero-order valence-corrected chi connectivity index (χ0v) is 5.25. The highest BCUT2D eigenvalue weighted by molar-refractivity contribution is 7.76. The minimum atomic E-state index is -2.25. The van der Waals surface area contributed by atoms with Crippen molar-refractivity contribution in [1.82, 2.24) is 4.41 Å². The number of carbonyl (C=O) groups is 1. The minimum absolute atomic E-state index is 0.451. The molecule has 3 N–H and O–H groups in total. The van der Waals surface area contributed by atoms with Gasteiger partial charge in [-0.3, -0.25) is 9.35 Å². The van der Waals surface area contributed by atoms with Crippen LogP contribution in [0.2, 0.25) is 0 Å². The molecule has 0 radical (unpaired) electrons. The van der Waals surface area contributed by atoms with Crippen molar-refractivity contribution in [3.8, 4) is 0 Å². The molecule has 0 fully saturated rings. The van der Waals surface area contributed by atoms with Crippen molar-refractivity contribution in [1.29, 1.82) is 0 Å². The topological polar surface area (TPSA) is 83.6 Å². The third-order valence-electron chi connectivity index (χ3n) is 0.492. The predicted octanol–water partition coefficient (Wildman–Crippen LogP) is -0.989. The third kappa shape index (κ3) is 3.83. The Kier molecular flexibility index (Phi) is 3.85. The fraction of sp³-hybridized carbons (Fsp3) is 0. The Morgan fingerprint density at radius 3 is 2.56 bits per heavy atom.